The maximum absolute atomic E-state index is 14.9. The summed E-state index contributed by atoms with van der Waals surface area (Å²) in [7, 11) is 0.995. The van der Waals surface area contributed by atoms with Crippen LogP contribution in [-0.4, -0.2) is 73.3 Å². The first-order valence-electron chi connectivity index (χ1n) is 15.7. The van der Waals surface area contributed by atoms with Crippen LogP contribution in [0.4, 0.5) is 33.2 Å². The number of aryl methyl sites for hydroxylation is 3. The van der Waals surface area contributed by atoms with E-state index in [9.17, 15) is 22.4 Å². The summed E-state index contributed by atoms with van der Waals surface area (Å²) in [5.74, 6) is -1.24. The van der Waals surface area contributed by atoms with Crippen LogP contribution in [0.25, 0.3) is 11.0 Å². The molecule has 0 saturated carbocycles. The van der Waals surface area contributed by atoms with Crippen LogP contribution in [0.2, 0.25) is 0 Å². The zero-order chi connectivity index (χ0) is 35.0. The first-order chi connectivity index (χ1) is 23.4. The number of hydrogen-bond donors (Lipinski definition) is 3. The fourth-order valence-electron chi connectivity index (χ4n) is 5.90. The summed E-state index contributed by atoms with van der Waals surface area (Å²) in [6, 6.07) is 16.1. The highest BCUT2D eigenvalue weighted by Crippen LogP contribution is 2.35. The standard InChI is InChI=1S/C35H37FN8O4S/c1-21-11-13-24(14-12-21)49(47,48)44-17-15-25-32(38-27-10-6-9-26(36)31(27)34(46)37-3)40-35(41-33(25)44)39-28-19-29-23(18-22(28)2)8-7-16-43(29)30(45)20-42(4)5/h6,9-15,17-19H,7-8,16,20H2,1-5H3,(H,37,46)(H2,38,39,40,41). The van der Waals surface area contributed by atoms with Gasteiger partial charge in [0, 0.05) is 31.2 Å². The maximum Gasteiger partial charge on any atom is 0.269 e. The minimum atomic E-state index is -4.10. The van der Waals surface area contributed by atoms with Crippen LogP contribution >= 0.6 is 0 Å². The molecule has 0 saturated heterocycles. The number of rotatable bonds is 9. The molecule has 3 N–H and O–H groups in total. The number of halogens is 1. The predicted molar refractivity (Wildman–Crippen MR) is 188 cm³/mol. The summed E-state index contributed by atoms with van der Waals surface area (Å²) in [4.78, 5) is 38.9. The fraction of sp³-hybridized carbons (Fsp3) is 0.257. The van der Waals surface area contributed by atoms with E-state index >= 15 is 0 Å². The largest absolute Gasteiger partial charge is 0.355 e. The Labute approximate surface area is 284 Å². The average Bonchev–Trinajstić information content (AvgIpc) is 3.50. The first-order valence-corrected chi connectivity index (χ1v) is 17.2. The lowest BCUT2D eigenvalue weighted by Crippen LogP contribution is -2.40. The van der Waals surface area contributed by atoms with Crippen molar-refractivity contribution in [1.29, 1.82) is 0 Å². The number of likely N-dealkylation sites (N-methyl/N-ethyl adjacent to an activating group) is 1. The van der Waals surface area contributed by atoms with Gasteiger partial charge in [-0.15, -0.1) is 0 Å². The van der Waals surface area contributed by atoms with E-state index in [0.29, 0.717) is 17.6 Å². The number of anilines is 5. The molecule has 3 heterocycles. The molecule has 2 aromatic heterocycles. The van der Waals surface area contributed by atoms with Crippen LogP contribution in [0, 0.1) is 19.7 Å². The zero-order valence-corrected chi connectivity index (χ0v) is 28.7. The van der Waals surface area contributed by atoms with Gasteiger partial charge in [0.05, 0.1) is 28.1 Å². The van der Waals surface area contributed by atoms with E-state index < -0.39 is 21.7 Å². The van der Waals surface area contributed by atoms with Crippen LogP contribution < -0.4 is 20.9 Å². The molecule has 0 atom stereocenters. The summed E-state index contributed by atoms with van der Waals surface area (Å²) < 4.78 is 43.8. The van der Waals surface area contributed by atoms with E-state index in [1.165, 1.54) is 43.6 Å². The number of carbonyl (C=O) groups excluding carboxylic acids is 2. The molecule has 0 unspecified atom stereocenters. The molecular formula is C35H37FN8O4S. The highest BCUT2D eigenvalue weighted by Gasteiger charge is 2.26. The van der Waals surface area contributed by atoms with Crippen molar-refractivity contribution in [2.24, 2.45) is 0 Å². The molecule has 49 heavy (non-hydrogen) atoms. The second-order valence-corrected chi connectivity index (χ2v) is 14.1. The molecule has 0 spiro atoms. The van der Waals surface area contributed by atoms with Crippen molar-refractivity contribution in [3.8, 4) is 0 Å². The number of benzene rings is 3. The van der Waals surface area contributed by atoms with Crippen molar-refractivity contribution in [3.63, 3.8) is 0 Å². The van der Waals surface area contributed by atoms with Crippen molar-refractivity contribution in [3.05, 3.63) is 94.9 Å². The summed E-state index contributed by atoms with van der Waals surface area (Å²) in [6.07, 6.45) is 3.05. The van der Waals surface area contributed by atoms with Gasteiger partial charge in [0.25, 0.3) is 15.9 Å². The van der Waals surface area contributed by atoms with Gasteiger partial charge in [-0.05, 0) is 88.3 Å². The Hall–Kier alpha value is -5.34. The van der Waals surface area contributed by atoms with E-state index in [0.717, 1.165) is 39.2 Å². The number of fused-ring (bicyclic) bond motifs is 2. The SMILES string of the molecule is CNC(=O)c1c(F)cccc1Nc1nc(Nc2cc3c(cc2C)CCCN3C(=O)CN(C)C)nc2c1ccn2S(=O)(=O)c1ccc(C)cc1. The number of hydrogen-bond acceptors (Lipinski definition) is 9. The molecule has 254 valence electrons. The molecule has 1 aliphatic heterocycles. The van der Waals surface area contributed by atoms with Gasteiger partial charge in [-0.1, -0.05) is 29.8 Å². The predicted octanol–water partition coefficient (Wildman–Crippen LogP) is 5.11. The van der Waals surface area contributed by atoms with Gasteiger partial charge in [-0.25, -0.2) is 16.8 Å². The lowest BCUT2D eigenvalue weighted by molar-refractivity contribution is -0.119. The van der Waals surface area contributed by atoms with Crippen LogP contribution in [-0.2, 0) is 21.2 Å². The first kappa shape index (κ1) is 33.6. The zero-order valence-electron chi connectivity index (χ0n) is 27.8. The topological polar surface area (TPSA) is 142 Å². The van der Waals surface area contributed by atoms with Crippen molar-refractivity contribution in [2.45, 2.75) is 31.6 Å². The number of nitrogens with zero attached hydrogens (tertiary/aromatic N) is 5. The minimum Gasteiger partial charge on any atom is -0.355 e. The van der Waals surface area contributed by atoms with Crippen molar-refractivity contribution in [1.82, 2.24) is 24.2 Å². The van der Waals surface area contributed by atoms with Crippen molar-refractivity contribution < 1.29 is 22.4 Å². The van der Waals surface area contributed by atoms with Crippen LogP contribution in [0.15, 0.2) is 71.8 Å². The Kier molecular flexibility index (Phi) is 9.10. The molecule has 0 fully saturated rings. The molecule has 0 bridgehead atoms. The van der Waals surface area contributed by atoms with E-state index in [-0.39, 0.29) is 46.0 Å². The smallest absolute Gasteiger partial charge is 0.269 e. The summed E-state index contributed by atoms with van der Waals surface area (Å²) in [5, 5.41) is 9.07. The number of aromatic nitrogens is 3. The molecule has 5 aromatic rings. The fourth-order valence-corrected chi connectivity index (χ4v) is 7.19. The third kappa shape index (κ3) is 6.56. The molecule has 1 aliphatic rings. The maximum atomic E-state index is 14.9. The van der Waals surface area contributed by atoms with E-state index in [1.54, 1.807) is 23.1 Å². The molecule has 12 nitrogen and oxygen atoms in total. The Morgan fingerprint density at radius 1 is 0.980 bits per heavy atom. The highest BCUT2D eigenvalue weighted by molar-refractivity contribution is 7.90. The van der Waals surface area contributed by atoms with Crippen LogP contribution in [0.1, 0.15) is 33.5 Å². The van der Waals surface area contributed by atoms with E-state index in [1.807, 2.05) is 45.0 Å². The van der Waals surface area contributed by atoms with Gasteiger partial charge in [-0.3, -0.25) is 9.59 Å². The Morgan fingerprint density at radius 3 is 2.45 bits per heavy atom. The molecule has 0 aliphatic carbocycles. The third-order valence-corrected chi connectivity index (χ3v) is 10.0. The van der Waals surface area contributed by atoms with Crippen LogP contribution in [0.5, 0.6) is 0 Å². The second kappa shape index (κ2) is 13.3. The molecule has 2 amide bonds. The summed E-state index contributed by atoms with van der Waals surface area (Å²) >= 11 is 0. The third-order valence-electron chi connectivity index (χ3n) is 8.35. The highest BCUT2D eigenvalue weighted by atomic mass is 32.2. The molecular weight excluding hydrogens is 648 g/mol. The average molecular weight is 685 g/mol. The van der Waals surface area contributed by atoms with Gasteiger partial charge in [0.2, 0.25) is 11.9 Å². The Bertz CT molecular complexity index is 2200. The molecule has 0 radical (unpaired) electrons. The Balaban J connectivity index is 1.49. The molecule has 3 aromatic carbocycles. The molecule has 14 heteroatoms. The van der Waals surface area contributed by atoms with Crippen molar-refractivity contribution >= 4 is 61.7 Å². The normalized spacial score (nSPS) is 13.0. The lowest BCUT2D eigenvalue weighted by atomic mass is 9.98. The van der Waals surface area contributed by atoms with Gasteiger partial charge >= 0.3 is 0 Å². The van der Waals surface area contributed by atoms with Gasteiger partial charge in [-0.2, -0.15) is 9.97 Å². The number of amides is 2. The molecule has 6 rings (SSSR count). The quantitative estimate of drug-likeness (QED) is 0.193. The van der Waals surface area contributed by atoms with Crippen LogP contribution in [0.3, 0.4) is 0 Å². The second-order valence-electron chi connectivity index (χ2n) is 12.2. The van der Waals surface area contributed by atoms with E-state index in [4.69, 9.17) is 4.98 Å². The van der Waals surface area contributed by atoms with Gasteiger partial charge < -0.3 is 25.8 Å². The van der Waals surface area contributed by atoms with Gasteiger partial charge in [0.1, 0.15) is 11.6 Å². The van der Waals surface area contributed by atoms with Crippen molar-refractivity contribution in [2.75, 3.05) is 49.8 Å². The number of carbonyl (C=O) groups is 2. The Morgan fingerprint density at radius 2 is 1.73 bits per heavy atom. The monoisotopic (exact) mass is 684 g/mol. The van der Waals surface area contributed by atoms with Gasteiger partial charge in [0.15, 0.2) is 5.65 Å². The van der Waals surface area contributed by atoms with E-state index in [2.05, 4.69) is 20.9 Å². The number of nitrogens with one attached hydrogen (secondary N) is 3. The minimum absolute atomic E-state index is 0.0222. The lowest BCUT2D eigenvalue weighted by Gasteiger charge is -2.31. The summed E-state index contributed by atoms with van der Waals surface area (Å²) in [6.45, 7) is 4.64. The summed E-state index contributed by atoms with van der Waals surface area (Å²) in [5.41, 5.74) is 4.17.